The van der Waals surface area contributed by atoms with Crippen molar-refractivity contribution in [1.29, 1.82) is 0 Å². The summed E-state index contributed by atoms with van der Waals surface area (Å²) in [5.74, 6) is 4.77. The van der Waals surface area contributed by atoms with E-state index in [1.165, 1.54) is 22.9 Å². The largest absolute Gasteiger partial charge is 0.454 e. The molecule has 2 aromatic rings. The maximum absolute atomic E-state index is 11.6. The molecule has 0 bridgehead atoms. The van der Waals surface area contributed by atoms with Gasteiger partial charge < -0.3 is 8.98 Å². The van der Waals surface area contributed by atoms with Gasteiger partial charge in [-0.1, -0.05) is 0 Å². The standard InChI is InChI=1S/C11H9BrN4O5/c12-7-4-15(5-8(10(7)17)16(19)20)3-6-1-2-9(21-6)11(18)14-13/h1-2,4-5H,3,13H2,(H,14,18). The summed E-state index contributed by atoms with van der Waals surface area (Å²) in [5.41, 5.74) is 0.653. The number of nitrogens with zero attached hydrogens (tertiary/aromatic N) is 2. The van der Waals surface area contributed by atoms with E-state index in [-0.39, 0.29) is 16.8 Å². The number of nitro groups is 1. The van der Waals surface area contributed by atoms with Crippen molar-refractivity contribution in [3.05, 3.63) is 60.9 Å². The SMILES string of the molecule is NNC(=O)c1ccc(Cn2cc(Br)c(=O)c([N+](=O)[O-])c2)o1. The van der Waals surface area contributed by atoms with Gasteiger partial charge in [0.2, 0.25) is 0 Å². The molecule has 0 radical (unpaired) electrons. The molecular formula is C11H9BrN4O5. The van der Waals surface area contributed by atoms with Gasteiger partial charge in [-0.05, 0) is 28.1 Å². The lowest BCUT2D eigenvalue weighted by molar-refractivity contribution is -0.386. The Morgan fingerprint density at radius 1 is 1.48 bits per heavy atom. The van der Waals surface area contributed by atoms with Crippen LogP contribution in [-0.4, -0.2) is 15.4 Å². The molecule has 1 amide bonds. The summed E-state index contributed by atoms with van der Waals surface area (Å²) in [6.07, 6.45) is 2.48. The van der Waals surface area contributed by atoms with Crippen molar-refractivity contribution in [3.63, 3.8) is 0 Å². The Bertz CT molecular complexity index is 766. The Kier molecular flexibility index (Phi) is 4.19. The van der Waals surface area contributed by atoms with Crippen LogP contribution in [0.4, 0.5) is 5.69 Å². The predicted molar refractivity (Wildman–Crippen MR) is 74.5 cm³/mol. The molecule has 0 aliphatic heterocycles. The number of hydrogen-bond donors (Lipinski definition) is 2. The molecule has 0 spiro atoms. The highest BCUT2D eigenvalue weighted by molar-refractivity contribution is 9.10. The van der Waals surface area contributed by atoms with Gasteiger partial charge >= 0.3 is 11.6 Å². The Labute approximate surface area is 125 Å². The van der Waals surface area contributed by atoms with Crippen molar-refractivity contribution in [2.45, 2.75) is 6.54 Å². The first kappa shape index (κ1) is 14.9. The zero-order valence-corrected chi connectivity index (χ0v) is 12.0. The molecule has 10 heteroatoms. The number of rotatable bonds is 4. The number of pyridine rings is 1. The Balaban J connectivity index is 2.32. The molecule has 3 N–H and O–H groups in total. The number of halogens is 1. The van der Waals surface area contributed by atoms with Crippen LogP contribution in [0.2, 0.25) is 0 Å². The predicted octanol–water partition coefficient (Wildman–Crippen LogP) is 0.764. The smallest absolute Gasteiger partial charge is 0.333 e. The first-order valence-electron chi connectivity index (χ1n) is 5.56. The molecule has 0 aromatic carbocycles. The summed E-state index contributed by atoms with van der Waals surface area (Å²) in [5, 5.41) is 10.8. The summed E-state index contributed by atoms with van der Waals surface area (Å²) in [6, 6.07) is 2.95. The van der Waals surface area contributed by atoms with E-state index in [1.807, 2.05) is 5.43 Å². The first-order valence-corrected chi connectivity index (χ1v) is 6.35. The van der Waals surface area contributed by atoms with Gasteiger partial charge in [-0.3, -0.25) is 25.1 Å². The number of carbonyl (C=O) groups excluding carboxylic acids is 1. The van der Waals surface area contributed by atoms with Crippen molar-refractivity contribution in [1.82, 2.24) is 9.99 Å². The van der Waals surface area contributed by atoms with Gasteiger partial charge in [0.15, 0.2) is 5.76 Å². The molecule has 0 atom stereocenters. The van der Waals surface area contributed by atoms with Gasteiger partial charge in [0.25, 0.3) is 5.43 Å². The van der Waals surface area contributed by atoms with E-state index < -0.39 is 21.9 Å². The van der Waals surface area contributed by atoms with Crippen LogP contribution in [-0.2, 0) is 6.54 Å². The van der Waals surface area contributed by atoms with Crippen LogP contribution in [0.3, 0.4) is 0 Å². The van der Waals surface area contributed by atoms with Crippen LogP contribution < -0.4 is 16.7 Å². The molecule has 0 fully saturated rings. The summed E-state index contributed by atoms with van der Waals surface area (Å²) in [4.78, 5) is 32.8. The van der Waals surface area contributed by atoms with Crippen molar-refractivity contribution in [2.24, 2.45) is 5.84 Å². The van der Waals surface area contributed by atoms with Crippen molar-refractivity contribution >= 4 is 27.5 Å². The van der Waals surface area contributed by atoms with Crippen molar-refractivity contribution in [3.8, 4) is 0 Å². The van der Waals surface area contributed by atoms with E-state index >= 15 is 0 Å². The number of nitrogens with two attached hydrogens (primary N) is 1. The molecule has 0 unspecified atom stereocenters. The van der Waals surface area contributed by atoms with E-state index in [1.54, 1.807) is 0 Å². The first-order chi connectivity index (χ1) is 9.92. The zero-order valence-electron chi connectivity index (χ0n) is 10.4. The minimum atomic E-state index is -0.765. The molecule has 0 saturated heterocycles. The number of nitrogens with one attached hydrogen (secondary N) is 1. The second-order valence-electron chi connectivity index (χ2n) is 3.99. The van der Waals surface area contributed by atoms with E-state index in [0.29, 0.717) is 5.76 Å². The maximum atomic E-state index is 11.6. The van der Waals surface area contributed by atoms with Gasteiger partial charge in [0.05, 0.1) is 22.1 Å². The topological polar surface area (TPSA) is 133 Å². The van der Waals surface area contributed by atoms with Crippen LogP contribution >= 0.6 is 15.9 Å². The molecule has 0 aliphatic carbocycles. The van der Waals surface area contributed by atoms with Gasteiger partial charge in [-0.15, -0.1) is 0 Å². The third kappa shape index (κ3) is 3.17. The molecular weight excluding hydrogens is 348 g/mol. The molecule has 2 heterocycles. The quantitative estimate of drug-likeness (QED) is 0.359. The molecule has 0 saturated carbocycles. The van der Waals surface area contributed by atoms with Crippen LogP contribution in [0.1, 0.15) is 16.3 Å². The third-order valence-electron chi connectivity index (χ3n) is 2.57. The van der Waals surface area contributed by atoms with Crippen LogP contribution in [0.25, 0.3) is 0 Å². The van der Waals surface area contributed by atoms with Crippen LogP contribution in [0, 0.1) is 10.1 Å². The monoisotopic (exact) mass is 356 g/mol. The van der Waals surface area contributed by atoms with E-state index in [0.717, 1.165) is 6.20 Å². The second-order valence-corrected chi connectivity index (χ2v) is 4.84. The number of hydrazine groups is 1. The fourth-order valence-electron chi connectivity index (χ4n) is 1.64. The number of aromatic nitrogens is 1. The highest BCUT2D eigenvalue weighted by Crippen LogP contribution is 2.14. The lowest BCUT2D eigenvalue weighted by Crippen LogP contribution is -2.29. The second kappa shape index (κ2) is 5.89. The molecule has 0 aliphatic rings. The van der Waals surface area contributed by atoms with E-state index in [4.69, 9.17) is 10.3 Å². The highest BCUT2D eigenvalue weighted by Gasteiger charge is 2.17. The van der Waals surface area contributed by atoms with Crippen molar-refractivity contribution < 1.29 is 14.1 Å². The molecule has 2 rings (SSSR count). The Morgan fingerprint density at radius 2 is 2.19 bits per heavy atom. The average Bonchev–Trinajstić information content (AvgIpc) is 2.90. The third-order valence-corrected chi connectivity index (χ3v) is 3.13. The van der Waals surface area contributed by atoms with E-state index in [2.05, 4.69) is 15.9 Å². The fraction of sp³-hybridized carbons (Fsp3) is 0.0909. The summed E-state index contributed by atoms with van der Waals surface area (Å²) < 4.78 is 6.69. The lowest BCUT2D eigenvalue weighted by Gasteiger charge is -2.04. The number of hydrogen-bond acceptors (Lipinski definition) is 6. The summed E-state index contributed by atoms with van der Waals surface area (Å²) in [7, 11) is 0. The number of furan rings is 1. The molecule has 2 aromatic heterocycles. The van der Waals surface area contributed by atoms with Gasteiger partial charge in [0, 0.05) is 6.20 Å². The Hall–Kier alpha value is -2.46. The van der Waals surface area contributed by atoms with Gasteiger partial charge in [-0.2, -0.15) is 0 Å². The molecule has 110 valence electrons. The maximum Gasteiger partial charge on any atom is 0.333 e. The summed E-state index contributed by atoms with van der Waals surface area (Å²) in [6.45, 7) is 0.109. The van der Waals surface area contributed by atoms with Crippen molar-refractivity contribution in [2.75, 3.05) is 0 Å². The minimum Gasteiger partial charge on any atom is -0.454 e. The Morgan fingerprint density at radius 3 is 2.81 bits per heavy atom. The molecule has 9 nitrogen and oxygen atoms in total. The minimum absolute atomic E-state index is 0.0158. The van der Waals surface area contributed by atoms with Gasteiger partial charge in [-0.25, -0.2) is 5.84 Å². The van der Waals surface area contributed by atoms with Gasteiger partial charge in [0.1, 0.15) is 5.76 Å². The van der Waals surface area contributed by atoms with Crippen LogP contribution in [0.5, 0.6) is 0 Å². The van der Waals surface area contributed by atoms with E-state index in [9.17, 15) is 19.7 Å². The highest BCUT2D eigenvalue weighted by atomic mass is 79.9. The zero-order chi connectivity index (χ0) is 15.6. The molecule has 21 heavy (non-hydrogen) atoms. The lowest BCUT2D eigenvalue weighted by atomic mass is 10.3. The van der Waals surface area contributed by atoms with Crippen LogP contribution in [0.15, 0.2) is 38.2 Å². The fourth-order valence-corrected chi connectivity index (χ4v) is 2.10. The normalized spacial score (nSPS) is 10.4. The number of amides is 1. The average molecular weight is 357 g/mol. The number of nitrogen functional groups attached to an aromatic ring is 1. The summed E-state index contributed by atoms with van der Waals surface area (Å²) >= 11 is 2.97. The number of carbonyl (C=O) groups is 1.